The zero-order valence-corrected chi connectivity index (χ0v) is 9.64. The number of hydrogen-bond acceptors (Lipinski definition) is 6. The summed E-state index contributed by atoms with van der Waals surface area (Å²) in [6, 6.07) is 1.67. The van der Waals surface area contributed by atoms with E-state index in [1.165, 1.54) is 7.11 Å². The summed E-state index contributed by atoms with van der Waals surface area (Å²) in [6.45, 7) is 2.52. The second-order valence-corrected chi connectivity index (χ2v) is 3.06. The predicted molar refractivity (Wildman–Crippen MR) is 58.5 cm³/mol. The third-order valence-electron chi connectivity index (χ3n) is 1.84. The van der Waals surface area contributed by atoms with E-state index < -0.39 is 0 Å². The normalized spacial score (nSPS) is 9.69. The van der Waals surface area contributed by atoms with Crippen molar-refractivity contribution in [3.05, 3.63) is 12.3 Å². The minimum Gasteiger partial charge on any atom is -0.478 e. The first kappa shape index (κ1) is 12.2. The lowest BCUT2D eigenvalue weighted by atomic mass is 10.5. The van der Waals surface area contributed by atoms with Crippen LogP contribution in [0.4, 0.5) is 5.95 Å². The van der Waals surface area contributed by atoms with Gasteiger partial charge >= 0.3 is 5.97 Å². The number of nitrogens with zero attached hydrogens (tertiary/aromatic N) is 3. The van der Waals surface area contributed by atoms with Gasteiger partial charge in [-0.3, -0.25) is 4.79 Å². The quantitative estimate of drug-likeness (QED) is 0.679. The highest BCUT2D eigenvalue weighted by Crippen LogP contribution is 2.10. The topological polar surface area (TPSA) is 64.5 Å². The van der Waals surface area contributed by atoms with E-state index in [1.54, 1.807) is 24.2 Å². The first-order valence-electron chi connectivity index (χ1n) is 4.91. The van der Waals surface area contributed by atoms with Gasteiger partial charge in [0.25, 0.3) is 0 Å². The van der Waals surface area contributed by atoms with E-state index in [2.05, 4.69) is 14.7 Å². The zero-order valence-electron chi connectivity index (χ0n) is 9.64. The molecule has 0 saturated heterocycles. The summed E-state index contributed by atoms with van der Waals surface area (Å²) in [7, 11) is 3.05. The van der Waals surface area contributed by atoms with Crippen LogP contribution in [0, 0.1) is 0 Å². The van der Waals surface area contributed by atoms with Gasteiger partial charge in [-0.2, -0.15) is 4.98 Å². The lowest BCUT2D eigenvalue weighted by Crippen LogP contribution is -2.27. The van der Waals surface area contributed by atoms with Crippen molar-refractivity contribution in [3.63, 3.8) is 0 Å². The molecule has 0 bridgehead atoms. The molecule has 16 heavy (non-hydrogen) atoms. The lowest BCUT2D eigenvalue weighted by Gasteiger charge is -2.15. The van der Waals surface area contributed by atoms with E-state index in [9.17, 15) is 4.79 Å². The van der Waals surface area contributed by atoms with Crippen LogP contribution in [0.1, 0.15) is 6.92 Å². The van der Waals surface area contributed by atoms with Gasteiger partial charge in [0, 0.05) is 19.3 Å². The SMILES string of the molecule is CCOc1ccnc(N(C)CC(=O)OC)n1. The Kier molecular flexibility index (Phi) is 4.50. The smallest absolute Gasteiger partial charge is 0.325 e. The van der Waals surface area contributed by atoms with Gasteiger partial charge in [-0.1, -0.05) is 0 Å². The van der Waals surface area contributed by atoms with Crippen LogP contribution < -0.4 is 9.64 Å². The number of esters is 1. The van der Waals surface area contributed by atoms with Crippen molar-refractivity contribution in [1.82, 2.24) is 9.97 Å². The highest BCUT2D eigenvalue weighted by Gasteiger charge is 2.10. The Balaban J connectivity index is 2.71. The molecule has 6 nitrogen and oxygen atoms in total. The minimum absolute atomic E-state index is 0.103. The molecule has 0 spiro atoms. The van der Waals surface area contributed by atoms with Gasteiger partial charge in [-0.25, -0.2) is 4.98 Å². The molecule has 0 radical (unpaired) electrons. The van der Waals surface area contributed by atoms with Crippen LogP contribution in [0.2, 0.25) is 0 Å². The molecule has 0 N–H and O–H groups in total. The molecular formula is C10H15N3O3. The molecular weight excluding hydrogens is 210 g/mol. The summed E-state index contributed by atoms with van der Waals surface area (Å²) in [5.41, 5.74) is 0. The van der Waals surface area contributed by atoms with Crippen molar-refractivity contribution in [2.45, 2.75) is 6.92 Å². The van der Waals surface area contributed by atoms with Crippen molar-refractivity contribution in [2.75, 3.05) is 32.2 Å². The van der Waals surface area contributed by atoms with Gasteiger partial charge in [0.2, 0.25) is 11.8 Å². The second kappa shape index (κ2) is 5.89. The van der Waals surface area contributed by atoms with E-state index in [1.807, 2.05) is 6.92 Å². The number of ether oxygens (including phenoxy) is 2. The number of likely N-dealkylation sites (N-methyl/N-ethyl adjacent to an activating group) is 1. The third kappa shape index (κ3) is 3.38. The molecule has 0 aliphatic heterocycles. The molecule has 0 unspecified atom stereocenters. The maximum absolute atomic E-state index is 11.1. The number of aromatic nitrogens is 2. The van der Waals surface area contributed by atoms with E-state index in [4.69, 9.17) is 4.74 Å². The number of carbonyl (C=O) groups is 1. The summed E-state index contributed by atoms with van der Waals surface area (Å²) in [6.07, 6.45) is 1.58. The largest absolute Gasteiger partial charge is 0.478 e. The number of hydrogen-bond donors (Lipinski definition) is 0. The maximum atomic E-state index is 11.1. The molecule has 1 rings (SSSR count). The Morgan fingerprint density at radius 3 is 2.94 bits per heavy atom. The van der Waals surface area contributed by atoms with Crippen molar-refractivity contribution in [1.29, 1.82) is 0 Å². The fraction of sp³-hybridized carbons (Fsp3) is 0.500. The maximum Gasteiger partial charge on any atom is 0.325 e. The Morgan fingerprint density at radius 2 is 2.31 bits per heavy atom. The molecule has 1 aromatic heterocycles. The second-order valence-electron chi connectivity index (χ2n) is 3.06. The number of anilines is 1. The van der Waals surface area contributed by atoms with Crippen LogP contribution in [0.25, 0.3) is 0 Å². The molecule has 0 amide bonds. The highest BCUT2D eigenvalue weighted by atomic mass is 16.5. The van der Waals surface area contributed by atoms with Crippen molar-refractivity contribution < 1.29 is 14.3 Å². The highest BCUT2D eigenvalue weighted by molar-refractivity contribution is 5.74. The first-order valence-corrected chi connectivity index (χ1v) is 4.91. The number of methoxy groups -OCH3 is 1. The van der Waals surface area contributed by atoms with Gasteiger partial charge in [-0.15, -0.1) is 0 Å². The molecule has 1 aromatic rings. The van der Waals surface area contributed by atoms with Crippen LogP contribution in [0.3, 0.4) is 0 Å². The summed E-state index contributed by atoms with van der Waals surface area (Å²) < 4.78 is 9.79. The van der Waals surface area contributed by atoms with Gasteiger partial charge < -0.3 is 14.4 Å². The fourth-order valence-corrected chi connectivity index (χ4v) is 1.07. The Hall–Kier alpha value is -1.85. The van der Waals surface area contributed by atoms with E-state index in [0.29, 0.717) is 18.4 Å². The standard InChI is InChI=1S/C10H15N3O3/c1-4-16-8-5-6-11-10(12-8)13(2)7-9(14)15-3/h5-6H,4,7H2,1-3H3. The van der Waals surface area contributed by atoms with Crippen molar-refractivity contribution in [2.24, 2.45) is 0 Å². The van der Waals surface area contributed by atoms with E-state index in [0.717, 1.165) is 0 Å². The van der Waals surface area contributed by atoms with Crippen LogP contribution in [0.15, 0.2) is 12.3 Å². The third-order valence-corrected chi connectivity index (χ3v) is 1.84. The first-order chi connectivity index (χ1) is 7.67. The van der Waals surface area contributed by atoms with Crippen LogP contribution in [0.5, 0.6) is 5.88 Å². The lowest BCUT2D eigenvalue weighted by molar-refractivity contribution is -0.138. The molecule has 88 valence electrons. The van der Waals surface area contributed by atoms with Crippen LogP contribution in [-0.2, 0) is 9.53 Å². The Morgan fingerprint density at radius 1 is 1.56 bits per heavy atom. The van der Waals surface area contributed by atoms with Gasteiger partial charge in [0.1, 0.15) is 6.54 Å². The summed E-state index contributed by atoms with van der Waals surface area (Å²) in [4.78, 5) is 20.8. The summed E-state index contributed by atoms with van der Waals surface area (Å²) in [5.74, 6) is 0.577. The molecule has 0 aliphatic carbocycles. The monoisotopic (exact) mass is 225 g/mol. The average molecular weight is 225 g/mol. The zero-order chi connectivity index (χ0) is 12.0. The molecule has 0 fully saturated rings. The molecule has 6 heteroatoms. The van der Waals surface area contributed by atoms with Gasteiger partial charge in [0.05, 0.1) is 13.7 Å². The summed E-state index contributed by atoms with van der Waals surface area (Å²) >= 11 is 0. The number of rotatable bonds is 5. The van der Waals surface area contributed by atoms with Crippen LogP contribution >= 0.6 is 0 Å². The summed E-state index contributed by atoms with van der Waals surface area (Å²) in [5, 5.41) is 0. The number of carbonyl (C=O) groups excluding carboxylic acids is 1. The molecule has 0 atom stereocenters. The minimum atomic E-state index is -0.340. The molecule has 1 heterocycles. The molecule has 0 aromatic carbocycles. The van der Waals surface area contributed by atoms with Crippen LogP contribution in [-0.4, -0.2) is 43.2 Å². The average Bonchev–Trinajstić information content (AvgIpc) is 2.29. The molecule has 0 saturated carbocycles. The van der Waals surface area contributed by atoms with Crippen molar-refractivity contribution in [3.8, 4) is 5.88 Å². The van der Waals surface area contributed by atoms with Gasteiger partial charge in [-0.05, 0) is 6.92 Å². The molecule has 0 aliphatic rings. The predicted octanol–water partition coefficient (Wildman–Crippen LogP) is 0.484. The van der Waals surface area contributed by atoms with Crippen molar-refractivity contribution >= 4 is 11.9 Å². The van der Waals surface area contributed by atoms with Gasteiger partial charge in [0.15, 0.2) is 0 Å². The Bertz CT molecular complexity index is 357. The van der Waals surface area contributed by atoms with E-state index in [-0.39, 0.29) is 12.5 Å². The Labute approximate surface area is 94.2 Å². The van der Waals surface area contributed by atoms with E-state index >= 15 is 0 Å². The fourth-order valence-electron chi connectivity index (χ4n) is 1.07.